The van der Waals surface area contributed by atoms with Gasteiger partial charge in [0.15, 0.2) is 11.6 Å². The zero-order valence-electron chi connectivity index (χ0n) is 21.9. The van der Waals surface area contributed by atoms with Crippen molar-refractivity contribution in [3.63, 3.8) is 0 Å². The van der Waals surface area contributed by atoms with E-state index >= 15 is 0 Å². The Hall–Kier alpha value is -5.85. The van der Waals surface area contributed by atoms with Crippen molar-refractivity contribution in [1.82, 2.24) is 9.66 Å². The van der Waals surface area contributed by atoms with Gasteiger partial charge in [0.05, 0.1) is 33.2 Å². The molecule has 5 rings (SSSR count). The molecule has 0 atom stereocenters. The number of nitro groups is 1. The fraction of sp³-hybridized carbons (Fsp3) is 0.0667. The predicted octanol–water partition coefficient (Wildman–Crippen LogP) is 6.15. The lowest BCUT2D eigenvalue weighted by molar-refractivity contribution is -0.385. The molecule has 0 spiro atoms. The average molecular weight is 588 g/mol. The highest BCUT2D eigenvalue weighted by molar-refractivity contribution is 5.87. The molecule has 0 aliphatic carbocycles. The summed E-state index contributed by atoms with van der Waals surface area (Å²) in [4.78, 5) is 40.1. The molecule has 0 bridgehead atoms. The summed E-state index contributed by atoms with van der Waals surface area (Å²) in [6.07, 6.45) is -3.49. The van der Waals surface area contributed by atoms with Gasteiger partial charge in [0, 0.05) is 17.2 Å². The Balaban J connectivity index is 1.52. The number of ether oxygens (including phenoxy) is 1. The molecule has 0 saturated carbocycles. The Bertz CT molecular complexity index is 1970. The summed E-state index contributed by atoms with van der Waals surface area (Å²) < 4.78 is 46.7. The van der Waals surface area contributed by atoms with Gasteiger partial charge in [-0.05, 0) is 54.1 Å². The van der Waals surface area contributed by atoms with E-state index in [4.69, 9.17) is 9.84 Å². The molecule has 1 aromatic heterocycles. The average Bonchev–Trinajstić information content (AvgIpc) is 2.99. The molecule has 13 heteroatoms. The Morgan fingerprint density at radius 3 is 2.53 bits per heavy atom. The number of halogens is 3. The van der Waals surface area contributed by atoms with Crippen molar-refractivity contribution in [3.05, 3.63) is 134 Å². The second-order valence-electron chi connectivity index (χ2n) is 9.17. The van der Waals surface area contributed by atoms with Crippen LogP contribution in [0.25, 0.3) is 22.3 Å². The molecule has 0 unspecified atom stereocenters. The van der Waals surface area contributed by atoms with Gasteiger partial charge in [-0.2, -0.15) is 22.9 Å². The van der Waals surface area contributed by atoms with E-state index in [1.165, 1.54) is 48.5 Å². The molecule has 0 aliphatic heterocycles. The Morgan fingerprint density at radius 2 is 1.79 bits per heavy atom. The van der Waals surface area contributed by atoms with E-state index in [9.17, 15) is 32.9 Å². The van der Waals surface area contributed by atoms with Gasteiger partial charge < -0.3 is 9.84 Å². The summed E-state index contributed by atoms with van der Waals surface area (Å²) in [5, 5.41) is 25.3. The van der Waals surface area contributed by atoms with Crippen molar-refractivity contribution in [2.45, 2.75) is 12.8 Å². The smallest absolute Gasteiger partial charge is 0.416 e. The number of para-hydroxylation sites is 1. The predicted molar refractivity (Wildman–Crippen MR) is 150 cm³/mol. The van der Waals surface area contributed by atoms with Crippen LogP contribution >= 0.6 is 0 Å². The molecule has 1 N–H and O–H groups in total. The molecule has 1 heterocycles. The topological polar surface area (TPSA) is 137 Å². The summed E-state index contributed by atoms with van der Waals surface area (Å²) in [5.41, 5.74) is -1.11. The van der Waals surface area contributed by atoms with Gasteiger partial charge >= 0.3 is 17.8 Å². The first-order valence-corrected chi connectivity index (χ1v) is 12.5. The maximum absolute atomic E-state index is 13.4. The minimum Gasteiger partial charge on any atom is -0.482 e. The van der Waals surface area contributed by atoms with Crippen molar-refractivity contribution in [1.29, 1.82) is 0 Å². The summed E-state index contributed by atoms with van der Waals surface area (Å²) in [7, 11) is 0. The van der Waals surface area contributed by atoms with Crippen molar-refractivity contribution >= 4 is 28.8 Å². The summed E-state index contributed by atoms with van der Waals surface area (Å²) in [5.74, 6) is -1.39. The number of aromatic nitrogens is 2. The summed E-state index contributed by atoms with van der Waals surface area (Å²) in [6.45, 7) is -0.145. The molecule has 43 heavy (non-hydrogen) atoms. The second kappa shape index (κ2) is 11.6. The van der Waals surface area contributed by atoms with Gasteiger partial charge in [0.25, 0.3) is 5.56 Å². The van der Waals surface area contributed by atoms with Crippen LogP contribution in [0.15, 0.2) is 101 Å². The number of aromatic carboxylic acids is 1. The highest BCUT2D eigenvalue weighted by Gasteiger charge is 2.31. The number of alkyl halides is 3. The molecule has 216 valence electrons. The van der Waals surface area contributed by atoms with Gasteiger partial charge in [-0.15, -0.1) is 0 Å². The van der Waals surface area contributed by atoms with E-state index in [2.05, 4.69) is 10.1 Å². The fourth-order valence-electron chi connectivity index (χ4n) is 4.21. The standard InChI is InChI=1S/C30H19F3N4O6/c31-30(32,33)22-8-4-6-20(15-22)27-35-24-10-2-1-9-23(24)28(38)36(27)34-16-18-11-12-26(25(14-18)37(41)42)43-17-19-5-3-7-21(13-19)29(39)40/h1-16H,17H2,(H,39,40). The number of carboxylic acids is 1. The Labute approximate surface area is 240 Å². The number of nitrogens with zero attached hydrogens (tertiary/aromatic N) is 4. The first-order valence-electron chi connectivity index (χ1n) is 12.5. The second-order valence-corrected chi connectivity index (χ2v) is 9.17. The number of nitro benzene ring substituents is 1. The van der Waals surface area contributed by atoms with Crippen LogP contribution in [0.2, 0.25) is 0 Å². The van der Waals surface area contributed by atoms with Gasteiger partial charge in [-0.3, -0.25) is 14.9 Å². The summed E-state index contributed by atoms with van der Waals surface area (Å²) >= 11 is 0. The lowest BCUT2D eigenvalue weighted by Gasteiger charge is -2.12. The molecule has 0 radical (unpaired) electrons. The van der Waals surface area contributed by atoms with Gasteiger partial charge in [-0.1, -0.05) is 36.4 Å². The minimum atomic E-state index is -4.64. The molecule has 5 aromatic rings. The van der Waals surface area contributed by atoms with E-state index in [1.54, 1.807) is 24.3 Å². The van der Waals surface area contributed by atoms with E-state index in [1.807, 2.05) is 0 Å². The van der Waals surface area contributed by atoms with E-state index in [0.717, 1.165) is 29.1 Å². The van der Waals surface area contributed by atoms with E-state index in [0.29, 0.717) is 5.56 Å². The van der Waals surface area contributed by atoms with Crippen LogP contribution in [0.1, 0.15) is 27.0 Å². The van der Waals surface area contributed by atoms with Crippen LogP contribution < -0.4 is 10.3 Å². The number of hydrogen-bond donors (Lipinski definition) is 1. The van der Waals surface area contributed by atoms with Crippen LogP contribution in [0.5, 0.6) is 5.75 Å². The molecular formula is C30H19F3N4O6. The SMILES string of the molecule is O=C(O)c1cccc(COc2ccc(C=Nn3c(-c4cccc(C(F)(F)F)c4)nc4ccccc4c3=O)cc2[N+](=O)[O-])c1. The lowest BCUT2D eigenvalue weighted by Crippen LogP contribution is -2.20. The van der Waals surface area contributed by atoms with Crippen molar-refractivity contribution in [2.24, 2.45) is 5.10 Å². The van der Waals surface area contributed by atoms with Gasteiger partial charge in [-0.25, -0.2) is 9.78 Å². The van der Waals surface area contributed by atoms with Crippen molar-refractivity contribution in [2.75, 3.05) is 0 Å². The number of carboxylic acid groups (broad SMARTS) is 1. The van der Waals surface area contributed by atoms with Gasteiger partial charge in [0.1, 0.15) is 6.61 Å². The van der Waals surface area contributed by atoms with E-state index < -0.39 is 33.9 Å². The largest absolute Gasteiger partial charge is 0.482 e. The summed E-state index contributed by atoms with van der Waals surface area (Å²) in [6, 6.07) is 20.4. The monoisotopic (exact) mass is 588 g/mol. The number of hydrogen-bond acceptors (Lipinski definition) is 7. The number of carbonyl (C=O) groups is 1. The number of benzene rings is 4. The van der Waals surface area contributed by atoms with Crippen LogP contribution in [-0.2, 0) is 12.8 Å². The molecular weight excluding hydrogens is 569 g/mol. The normalized spacial score (nSPS) is 11.6. The van der Waals surface area contributed by atoms with E-state index in [-0.39, 0.29) is 45.8 Å². The molecule has 0 amide bonds. The highest BCUT2D eigenvalue weighted by Crippen LogP contribution is 2.32. The first kappa shape index (κ1) is 28.7. The number of rotatable bonds is 8. The van der Waals surface area contributed by atoms with Gasteiger partial charge in [0.2, 0.25) is 0 Å². The van der Waals surface area contributed by atoms with Crippen molar-refractivity contribution in [3.8, 4) is 17.1 Å². The zero-order valence-corrected chi connectivity index (χ0v) is 21.9. The third kappa shape index (κ3) is 6.25. The molecule has 0 saturated heterocycles. The highest BCUT2D eigenvalue weighted by atomic mass is 19.4. The fourth-order valence-corrected chi connectivity index (χ4v) is 4.21. The van der Waals surface area contributed by atoms with Crippen LogP contribution in [0.4, 0.5) is 18.9 Å². The Morgan fingerprint density at radius 1 is 1.02 bits per heavy atom. The van der Waals surface area contributed by atoms with Crippen LogP contribution in [0.3, 0.4) is 0 Å². The van der Waals surface area contributed by atoms with Crippen LogP contribution in [0, 0.1) is 10.1 Å². The third-order valence-electron chi connectivity index (χ3n) is 6.27. The third-order valence-corrected chi connectivity index (χ3v) is 6.27. The lowest BCUT2D eigenvalue weighted by atomic mass is 10.1. The number of fused-ring (bicyclic) bond motifs is 1. The molecule has 10 nitrogen and oxygen atoms in total. The molecule has 0 fully saturated rings. The molecule has 0 aliphatic rings. The zero-order chi connectivity index (χ0) is 30.7. The van der Waals surface area contributed by atoms with Crippen LogP contribution in [-0.4, -0.2) is 31.9 Å². The Kier molecular flexibility index (Phi) is 7.71. The minimum absolute atomic E-state index is 0.0171. The first-order chi connectivity index (χ1) is 20.5. The maximum atomic E-state index is 13.4. The van der Waals surface area contributed by atoms with Crippen molar-refractivity contribution < 1.29 is 32.7 Å². The quantitative estimate of drug-likeness (QED) is 0.130. The maximum Gasteiger partial charge on any atom is 0.416 e. The molecule has 4 aromatic carbocycles.